The fourth-order valence-electron chi connectivity index (χ4n) is 4.01. The second kappa shape index (κ2) is 7.11. The Kier molecular flexibility index (Phi) is 4.63. The zero-order chi connectivity index (χ0) is 19.8. The van der Waals surface area contributed by atoms with Crippen LogP contribution >= 0.6 is 0 Å². The zero-order valence-corrected chi connectivity index (χ0v) is 16.1. The van der Waals surface area contributed by atoms with Crippen molar-refractivity contribution in [2.75, 3.05) is 32.1 Å². The van der Waals surface area contributed by atoms with Crippen molar-refractivity contribution in [2.45, 2.75) is 18.9 Å². The first-order valence-electron chi connectivity index (χ1n) is 9.51. The molecule has 0 spiro atoms. The molecule has 0 bridgehead atoms. The third kappa shape index (κ3) is 3.05. The highest BCUT2D eigenvalue weighted by atomic mass is 16.2. The number of likely N-dealkylation sites (tertiary alicyclic amines) is 1. The van der Waals surface area contributed by atoms with Crippen LogP contribution in [0.25, 0.3) is 0 Å². The lowest BCUT2D eigenvalue weighted by atomic mass is 10.0. The molecule has 2 aliphatic heterocycles. The number of imide groups is 1. The Balaban J connectivity index is 1.44. The van der Waals surface area contributed by atoms with Gasteiger partial charge in [0, 0.05) is 44.5 Å². The van der Waals surface area contributed by atoms with Crippen LogP contribution in [-0.2, 0) is 0 Å². The van der Waals surface area contributed by atoms with Crippen LogP contribution in [0.4, 0.5) is 5.69 Å². The van der Waals surface area contributed by atoms with E-state index in [0.717, 1.165) is 17.7 Å². The Bertz CT molecular complexity index is 933. The van der Waals surface area contributed by atoms with Gasteiger partial charge in [0.15, 0.2) is 0 Å². The number of piperidine rings is 1. The van der Waals surface area contributed by atoms with Gasteiger partial charge < -0.3 is 9.80 Å². The van der Waals surface area contributed by atoms with Crippen LogP contribution in [0.5, 0.6) is 0 Å². The van der Waals surface area contributed by atoms with Crippen molar-refractivity contribution >= 4 is 23.4 Å². The lowest BCUT2D eigenvalue weighted by Gasteiger charge is -2.38. The summed E-state index contributed by atoms with van der Waals surface area (Å²) >= 11 is 0. The van der Waals surface area contributed by atoms with Gasteiger partial charge in [-0.25, -0.2) is 0 Å². The molecule has 6 heteroatoms. The first kappa shape index (κ1) is 18.2. The number of para-hydroxylation sites is 1. The molecular weight excluding hydrogens is 354 g/mol. The molecule has 2 heterocycles. The van der Waals surface area contributed by atoms with E-state index in [0.29, 0.717) is 35.8 Å². The van der Waals surface area contributed by atoms with Crippen molar-refractivity contribution in [3.05, 3.63) is 65.2 Å². The molecule has 3 amide bonds. The van der Waals surface area contributed by atoms with E-state index in [4.69, 9.17) is 0 Å². The van der Waals surface area contributed by atoms with Gasteiger partial charge in [-0.15, -0.1) is 0 Å². The van der Waals surface area contributed by atoms with E-state index in [2.05, 4.69) is 24.1 Å². The number of hydrogen-bond acceptors (Lipinski definition) is 4. The molecule has 0 atom stereocenters. The summed E-state index contributed by atoms with van der Waals surface area (Å²) in [5.41, 5.74) is 2.33. The maximum absolute atomic E-state index is 12.9. The molecule has 2 aliphatic rings. The monoisotopic (exact) mass is 377 g/mol. The average molecular weight is 377 g/mol. The van der Waals surface area contributed by atoms with Crippen LogP contribution in [-0.4, -0.2) is 60.7 Å². The third-order valence-corrected chi connectivity index (χ3v) is 5.80. The quantitative estimate of drug-likeness (QED) is 0.772. The molecule has 6 nitrogen and oxygen atoms in total. The standard InChI is InChI=1S/C22H23N3O3/c1-23(16-6-4-3-5-7-16)17-10-12-25(13-11-17)20(26)15-8-9-18-19(14-15)22(28)24(2)21(18)27/h3-9,14,17H,10-13H2,1-2H3. The molecule has 1 saturated heterocycles. The van der Waals surface area contributed by atoms with Gasteiger partial charge in [-0.3, -0.25) is 19.3 Å². The van der Waals surface area contributed by atoms with Crippen molar-refractivity contribution in [1.29, 1.82) is 0 Å². The number of hydrogen-bond donors (Lipinski definition) is 0. The second-order valence-corrected chi connectivity index (χ2v) is 7.40. The summed E-state index contributed by atoms with van der Waals surface area (Å²) in [5, 5.41) is 0. The number of fused-ring (bicyclic) bond motifs is 1. The summed E-state index contributed by atoms with van der Waals surface area (Å²) in [6, 6.07) is 15.4. The zero-order valence-electron chi connectivity index (χ0n) is 16.1. The maximum atomic E-state index is 12.9. The van der Waals surface area contributed by atoms with Gasteiger partial charge >= 0.3 is 0 Å². The predicted octanol–water partition coefficient (Wildman–Crippen LogP) is 2.65. The summed E-state index contributed by atoms with van der Waals surface area (Å²) in [6.07, 6.45) is 1.78. The molecule has 0 N–H and O–H groups in total. The van der Waals surface area contributed by atoms with E-state index in [1.165, 1.54) is 12.7 Å². The van der Waals surface area contributed by atoms with Gasteiger partial charge in [-0.05, 0) is 43.2 Å². The van der Waals surface area contributed by atoms with Crippen LogP contribution in [0.2, 0.25) is 0 Å². The molecule has 0 unspecified atom stereocenters. The first-order valence-corrected chi connectivity index (χ1v) is 9.51. The highest BCUT2D eigenvalue weighted by Gasteiger charge is 2.34. The molecule has 0 radical (unpaired) electrons. The van der Waals surface area contributed by atoms with E-state index in [-0.39, 0.29) is 17.7 Å². The van der Waals surface area contributed by atoms with Crippen molar-refractivity contribution < 1.29 is 14.4 Å². The highest BCUT2D eigenvalue weighted by Crippen LogP contribution is 2.25. The topological polar surface area (TPSA) is 60.9 Å². The lowest BCUT2D eigenvalue weighted by molar-refractivity contribution is 0.0690. The minimum Gasteiger partial charge on any atom is -0.371 e. The Hall–Kier alpha value is -3.15. The van der Waals surface area contributed by atoms with E-state index in [9.17, 15) is 14.4 Å². The fraction of sp³-hybridized carbons (Fsp3) is 0.318. The summed E-state index contributed by atoms with van der Waals surface area (Å²) in [6.45, 7) is 1.34. The van der Waals surface area contributed by atoms with Crippen LogP contribution in [0, 0.1) is 0 Å². The normalized spacial score (nSPS) is 17.1. The largest absolute Gasteiger partial charge is 0.371 e. The molecule has 28 heavy (non-hydrogen) atoms. The van der Waals surface area contributed by atoms with Gasteiger partial charge in [0.1, 0.15) is 0 Å². The smallest absolute Gasteiger partial charge is 0.261 e. The molecule has 0 aliphatic carbocycles. The Labute approximate surface area is 164 Å². The minimum atomic E-state index is -0.349. The maximum Gasteiger partial charge on any atom is 0.261 e. The van der Waals surface area contributed by atoms with Gasteiger partial charge in [0.05, 0.1) is 11.1 Å². The minimum absolute atomic E-state index is 0.0848. The molecule has 1 fully saturated rings. The van der Waals surface area contributed by atoms with Crippen LogP contribution in [0.3, 0.4) is 0 Å². The number of benzene rings is 2. The van der Waals surface area contributed by atoms with E-state index >= 15 is 0 Å². The fourth-order valence-corrected chi connectivity index (χ4v) is 4.01. The van der Waals surface area contributed by atoms with Gasteiger partial charge in [-0.1, -0.05) is 18.2 Å². The molecular formula is C22H23N3O3. The summed E-state index contributed by atoms with van der Waals surface area (Å²) in [4.78, 5) is 42.3. The molecule has 2 aromatic carbocycles. The Morgan fingerprint density at radius 3 is 2.29 bits per heavy atom. The molecule has 0 aromatic heterocycles. The Morgan fingerprint density at radius 2 is 1.61 bits per heavy atom. The van der Waals surface area contributed by atoms with Crippen LogP contribution in [0.1, 0.15) is 43.9 Å². The van der Waals surface area contributed by atoms with Gasteiger partial charge in [0.25, 0.3) is 17.7 Å². The van der Waals surface area contributed by atoms with E-state index in [1.807, 2.05) is 23.1 Å². The number of amides is 3. The van der Waals surface area contributed by atoms with Crippen molar-refractivity contribution in [3.8, 4) is 0 Å². The van der Waals surface area contributed by atoms with E-state index < -0.39 is 0 Å². The van der Waals surface area contributed by atoms with Crippen molar-refractivity contribution in [2.24, 2.45) is 0 Å². The second-order valence-electron chi connectivity index (χ2n) is 7.40. The SMILES string of the molecule is CN1C(=O)c2ccc(C(=O)N3CCC(N(C)c4ccccc4)CC3)cc2C1=O. The molecule has 4 rings (SSSR count). The molecule has 0 saturated carbocycles. The predicted molar refractivity (Wildman–Crippen MR) is 107 cm³/mol. The average Bonchev–Trinajstić information content (AvgIpc) is 2.97. The molecule has 2 aromatic rings. The number of carbonyl (C=O) groups is 3. The highest BCUT2D eigenvalue weighted by molar-refractivity contribution is 6.21. The first-order chi connectivity index (χ1) is 13.5. The van der Waals surface area contributed by atoms with Gasteiger partial charge in [-0.2, -0.15) is 0 Å². The summed E-state index contributed by atoms with van der Waals surface area (Å²) in [7, 11) is 3.55. The number of nitrogens with zero attached hydrogens (tertiary/aromatic N) is 3. The van der Waals surface area contributed by atoms with Gasteiger partial charge in [0.2, 0.25) is 0 Å². The van der Waals surface area contributed by atoms with Crippen LogP contribution in [0.15, 0.2) is 48.5 Å². The lowest BCUT2D eigenvalue weighted by Crippen LogP contribution is -2.45. The van der Waals surface area contributed by atoms with Crippen molar-refractivity contribution in [3.63, 3.8) is 0 Å². The number of rotatable bonds is 3. The van der Waals surface area contributed by atoms with Crippen LogP contribution < -0.4 is 4.90 Å². The Morgan fingerprint density at radius 1 is 0.964 bits per heavy atom. The summed E-state index contributed by atoms with van der Waals surface area (Å²) in [5.74, 6) is -0.750. The number of anilines is 1. The number of carbonyl (C=O) groups excluding carboxylic acids is 3. The summed E-state index contributed by atoms with van der Waals surface area (Å²) < 4.78 is 0. The third-order valence-electron chi connectivity index (χ3n) is 5.80. The van der Waals surface area contributed by atoms with Crippen molar-refractivity contribution in [1.82, 2.24) is 9.80 Å². The molecule has 144 valence electrons. The van der Waals surface area contributed by atoms with E-state index in [1.54, 1.807) is 18.2 Å².